The molecule has 1 atom stereocenters. The lowest BCUT2D eigenvalue weighted by molar-refractivity contribution is 0.166. The smallest absolute Gasteiger partial charge is 0.325 e. The lowest BCUT2D eigenvalue weighted by Crippen LogP contribution is -2.33. The van der Waals surface area contributed by atoms with E-state index < -0.39 is 23.7 Å². The molecule has 170 valence electrons. The summed E-state index contributed by atoms with van der Waals surface area (Å²) in [7, 11) is -7.61. The topological polar surface area (TPSA) is 115 Å². The first kappa shape index (κ1) is 24.0. The maximum Gasteiger partial charge on any atom is 0.325 e. The highest BCUT2D eigenvalue weighted by Crippen LogP contribution is 2.36. The van der Waals surface area contributed by atoms with Crippen LogP contribution in [0.3, 0.4) is 0 Å². The number of aliphatic hydroxyl groups is 1. The van der Waals surface area contributed by atoms with Gasteiger partial charge in [-0.2, -0.15) is 0 Å². The van der Waals surface area contributed by atoms with Crippen LogP contribution < -0.4 is 4.31 Å². The number of hydrogen-bond acceptors (Lipinski definition) is 4. The molecule has 1 aliphatic carbocycles. The molecule has 3 rings (SSSR count). The zero-order chi connectivity index (χ0) is 22.6. The Hall–Kier alpha value is -1.70. The van der Waals surface area contributed by atoms with Crippen molar-refractivity contribution in [1.82, 2.24) is 0 Å². The molecule has 0 saturated carbocycles. The molecule has 2 aromatic carbocycles. The van der Waals surface area contributed by atoms with Crippen LogP contribution in [0.4, 0.5) is 5.69 Å². The summed E-state index contributed by atoms with van der Waals surface area (Å²) in [6.07, 6.45) is 4.32. The summed E-state index contributed by atoms with van der Waals surface area (Å²) < 4.78 is 37.9. The number of sulfonamides is 1. The molecule has 1 unspecified atom stereocenters. The maximum absolute atomic E-state index is 12.7. The van der Waals surface area contributed by atoms with Gasteiger partial charge < -0.3 is 14.9 Å². The Morgan fingerprint density at radius 2 is 1.74 bits per heavy atom. The van der Waals surface area contributed by atoms with E-state index in [0.29, 0.717) is 18.5 Å². The summed E-state index contributed by atoms with van der Waals surface area (Å²) in [5.41, 5.74) is 4.04. The van der Waals surface area contributed by atoms with E-state index in [2.05, 4.69) is 0 Å². The van der Waals surface area contributed by atoms with Crippen LogP contribution in [0.15, 0.2) is 42.5 Å². The second-order valence-corrected chi connectivity index (χ2v) is 11.8. The van der Waals surface area contributed by atoms with E-state index >= 15 is 0 Å². The molecule has 7 nitrogen and oxygen atoms in total. The van der Waals surface area contributed by atoms with Gasteiger partial charge in [0.1, 0.15) is 0 Å². The maximum atomic E-state index is 12.7. The number of rotatable bonds is 8. The van der Waals surface area contributed by atoms with Gasteiger partial charge in [0.2, 0.25) is 10.0 Å². The zero-order valence-electron chi connectivity index (χ0n) is 17.6. The summed E-state index contributed by atoms with van der Waals surface area (Å²) in [6.45, 7) is 0.243. The number of hydrogen-bond donors (Lipinski definition) is 3. The standard InChI is InChI=1S/C22H30NO6PS/c1-31(28,29)23(21-10-5-9-20-19(21)8-2-3-11-22(20)24)14-12-17-6-4-7-18(16-17)13-15-30(25,26)27/h4-7,9-10,16,22,24H,2-3,8,11-15H2,1H3,(H2,25,26,27). The number of fused-ring (bicyclic) bond motifs is 1. The van der Waals surface area contributed by atoms with Gasteiger partial charge in [0, 0.05) is 6.54 Å². The monoisotopic (exact) mass is 467 g/mol. The average Bonchev–Trinajstić information content (AvgIpc) is 2.87. The molecule has 0 fully saturated rings. The molecule has 2 aromatic rings. The first-order chi connectivity index (χ1) is 14.5. The number of aliphatic hydroxyl groups excluding tert-OH is 1. The lowest BCUT2D eigenvalue weighted by atomic mass is 9.99. The minimum absolute atomic E-state index is 0.218. The van der Waals surface area contributed by atoms with Gasteiger partial charge in [-0.25, -0.2) is 8.42 Å². The Kier molecular flexibility index (Phi) is 7.60. The highest BCUT2D eigenvalue weighted by Gasteiger charge is 2.25. The Morgan fingerprint density at radius 3 is 2.42 bits per heavy atom. The molecule has 0 heterocycles. The molecule has 3 N–H and O–H groups in total. The third kappa shape index (κ3) is 6.64. The van der Waals surface area contributed by atoms with Gasteiger partial charge >= 0.3 is 7.60 Å². The van der Waals surface area contributed by atoms with Gasteiger partial charge in [0.25, 0.3) is 0 Å². The van der Waals surface area contributed by atoms with Crippen molar-refractivity contribution in [2.75, 3.05) is 23.3 Å². The summed E-state index contributed by atoms with van der Waals surface area (Å²) in [5.74, 6) is 0. The van der Waals surface area contributed by atoms with E-state index in [9.17, 15) is 18.1 Å². The molecule has 1 aliphatic rings. The third-order valence-electron chi connectivity index (χ3n) is 5.66. The first-order valence-electron chi connectivity index (χ1n) is 10.4. The Bertz CT molecular complexity index is 1070. The highest BCUT2D eigenvalue weighted by molar-refractivity contribution is 7.92. The van der Waals surface area contributed by atoms with Crippen molar-refractivity contribution in [2.24, 2.45) is 0 Å². The molecule has 0 amide bonds. The van der Waals surface area contributed by atoms with Crippen molar-refractivity contribution in [3.63, 3.8) is 0 Å². The van der Waals surface area contributed by atoms with E-state index in [4.69, 9.17) is 9.79 Å². The van der Waals surface area contributed by atoms with Crippen molar-refractivity contribution >= 4 is 23.3 Å². The van der Waals surface area contributed by atoms with Crippen LogP contribution in [0.5, 0.6) is 0 Å². The molecular weight excluding hydrogens is 437 g/mol. The summed E-state index contributed by atoms with van der Waals surface area (Å²) in [4.78, 5) is 18.2. The van der Waals surface area contributed by atoms with E-state index in [-0.39, 0.29) is 19.1 Å². The zero-order valence-corrected chi connectivity index (χ0v) is 19.4. The quantitative estimate of drug-likeness (QED) is 0.406. The van der Waals surface area contributed by atoms with Gasteiger partial charge in [-0.3, -0.25) is 8.87 Å². The molecule has 31 heavy (non-hydrogen) atoms. The number of anilines is 1. The minimum Gasteiger partial charge on any atom is -0.388 e. The molecule has 0 aromatic heterocycles. The number of benzene rings is 2. The molecule has 0 saturated heterocycles. The fourth-order valence-electron chi connectivity index (χ4n) is 4.12. The Labute approximate surface area is 183 Å². The van der Waals surface area contributed by atoms with Crippen LogP contribution in [-0.2, 0) is 33.9 Å². The molecular formula is C22H30NO6PS. The lowest BCUT2D eigenvalue weighted by Gasteiger charge is -2.27. The number of nitrogens with zero attached hydrogens (tertiary/aromatic N) is 1. The van der Waals surface area contributed by atoms with Crippen molar-refractivity contribution in [1.29, 1.82) is 0 Å². The predicted molar refractivity (Wildman–Crippen MR) is 122 cm³/mol. The van der Waals surface area contributed by atoms with Crippen LogP contribution in [0.25, 0.3) is 0 Å². The molecule has 0 bridgehead atoms. The average molecular weight is 468 g/mol. The summed E-state index contributed by atoms with van der Waals surface area (Å²) in [5, 5.41) is 10.5. The van der Waals surface area contributed by atoms with Crippen molar-refractivity contribution in [2.45, 2.75) is 44.6 Å². The molecule has 0 aliphatic heterocycles. The van der Waals surface area contributed by atoms with Crippen molar-refractivity contribution in [3.05, 3.63) is 64.7 Å². The van der Waals surface area contributed by atoms with Gasteiger partial charge in [-0.1, -0.05) is 42.8 Å². The van der Waals surface area contributed by atoms with Crippen molar-refractivity contribution in [3.8, 4) is 0 Å². The summed E-state index contributed by atoms with van der Waals surface area (Å²) >= 11 is 0. The van der Waals surface area contributed by atoms with Gasteiger partial charge in [-0.05, 0) is 60.4 Å². The normalized spacial score (nSPS) is 17.1. The highest BCUT2D eigenvalue weighted by atomic mass is 32.2. The molecule has 0 spiro atoms. The van der Waals surface area contributed by atoms with Gasteiger partial charge in [-0.15, -0.1) is 0 Å². The fourth-order valence-corrected chi connectivity index (χ4v) is 5.62. The largest absolute Gasteiger partial charge is 0.388 e. The first-order valence-corrected chi connectivity index (χ1v) is 14.1. The van der Waals surface area contributed by atoms with Crippen LogP contribution >= 0.6 is 7.60 Å². The predicted octanol–water partition coefficient (Wildman–Crippen LogP) is 3.18. The van der Waals surface area contributed by atoms with E-state index in [1.165, 1.54) is 10.6 Å². The van der Waals surface area contributed by atoms with E-state index in [1.54, 1.807) is 12.1 Å². The van der Waals surface area contributed by atoms with Crippen LogP contribution in [0.1, 0.15) is 47.6 Å². The third-order valence-corrected chi connectivity index (χ3v) is 7.64. The SMILES string of the molecule is CS(=O)(=O)N(CCc1cccc(CCP(=O)(O)O)c1)c1cccc2c1CCCCC2O. The summed E-state index contributed by atoms with van der Waals surface area (Å²) in [6, 6.07) is 12.9. The van der Waals surface area contributed by atoms with Crippen molar-refractivity contribution < 1.29 is 27.9 Å². The Morgan fingerprint density at radius 1 is 1.06 bits per heavy atom. The van der Waals surface area contributed by atoms with Gasteiger partial charge in [0.15, 0.2) is 0 Å². The van der Waals surface area contributed by atoms with Gasteiger partial charge in [0.05, 0.1) is 24.2 Å². The molecule has 0 radical (unpaired) electrons. The van der Waals surface area contributed by atoms with Crippen LogP contribution in [0.2, 0.25) is 0 Å². The van der Waals surface area contributed by atoms with Crippen LogP contribution in [-0.4, -0.2) is 42.3 Å². The second kappa shape index (κ2) is 9.84. The fraction of sp³-hybridized carbons (Fsp3) is 0.455. The van der Waals surface area contributed by atoms with Crippen LogP contribution in [0, 0.1) is 0 Å². The second-order valence-electron chi connectivity index (χ2n) is 8.15. The van der Waals surface area contributed by atoms with E-state index in [1.807, 2.05) is 30.3 Å². The minimum atomic E-state index is -4.07. The van der Waals surface area contributed by atoms with E-state index in [0.717, 1.165) is 41.5 Å². The molecule has 9 heteroatoms. The number of aryl methyl sites for hydroxylation is 1. The Balaban J connectivity index is 1.84.